The Hall–Kier alpha value is -2.08. The molecule has 1 aromatic carbocycles. The molecule has 0 radical (unpaired) electrons. The van der Waals surface area contributed by atoms with Gasteiger partial charge in [-0.25, -0.2) is 4.79 Å². The fraction of sp³-hybridized carbons (Fsp3) is 0.556. The van der Waals surface area contributed by atoms with Gasteiger partial charge in [-0.05, 0) is 30.4 Å². The summed E-state index contributed by atoms with van der Waals surface area (Å²) in [5.41, 5.74) is 2.36. The van der Waals surface area contributed by atoms with Gasteiger partial charge in [-0.2, -0.15) is 0 Å². The third-order valence-electron chi connectivity index (χ3n) is 4.93. The van der Waals surface area contributed by atoms with Crippen molar-refractivity contribution < 1.29 is 19.4 Å². The molecule has 6 nitrogen and oxygen atoms in total. The van der Waals surface area contributed by atoms with Crippen LogP contribution in [0.3, 0.4) is 0 Å². The molecular weight excluding hydrogens is 308 g/mol. The SMILES string of the molecule is CCc1ccc(C2CN(C(=O)NC3CC(C(=O)O)C3)CCO2)cc1. The number of ether oxygens (including phenoxy) is 1. The minimum Gasteiger partial charge on any atom is -0.481 e. The summed E-state index contributed by atoms with van der Waals surface area (Å²) in [4.78, 5) is 24.9. The molecule has 2 N–H and O–H groups in total. The molecule has 0 aromatic heterocycles. The first-order chi connectivity index (χ1) is 11.6. The van der Waals surface area contributed by atoms with E-state index in [-0.39, 0.29) is 24.1 Å². The van der Waals surface area contributed by atoms with Crippen LogP contribution in [0.2, 0.25) is 0 Å². The van der Waals surface area contributed by atoms with Crippen molar-refractivity contribution in [1.29, 1.82) is 0 Å². The van der Waals surface area contributed by atoms with E-state index in [9.17, 15) is 9.59 Å². The zero-order chi connectivity index (χ0) is 17.1. The highest BCUT2D eigenvalue weighted by Crippen LogP contribution is 2.28. The van der Waals surface area contributed by atoms with Crippen LogP contribution < -0.4 is 5.32 Å². The molecule has 24 heavy (non-hydrogen) atoms. The first-order valence-corrected chi connectivity index (χ1v) is 8.55. The number of hydrogen-bond acceptors (Lipinski definition) is 3. The van der Waals surface area contributed by atoms with Gasteiger partial charge in [0.25, 0.3) is 0 Å². The largest absolute Gasteiger partial charge is 0.481 e. The van der Waals surface area contributed by atoms with Gasteiger partial charge in [-0.1, -0.05) is 31.2 Å². The van der Waals surface area contributed by atoms with Crippen molar-refractivity contribution >= 4 is 12.0 Å². The van der Waals surface area contributed by atoms with Crippen LogP contribution in [0.1, 0.15) is 37.0 Å². The van der Waals surface area contributed by atoms with Crippen LogP contribution in [0.5, 0.6) is 0 Å². The molecule has 1 saturated heterocycles. The third-order valence-corrected chi connectivity index (χ3v) is 4.93. The Morgan fingerprint density at radius 2 is 2.00 bits per heavy atom. The zero-order valence-electron chi connectivity index (χ0n) is 13.9. The quantitative estimate of drug-likeness (QED) is 0.886. The lowest BCUT2D eigenvalue weighted by Gasteiger charge is -2.37. The van der Waals surface area contributed by atoms with Crippen molar-refractivity contribution in [2.75, 3.05) is 19.7 Å². The predicted molar refractivity (Wildman–Crippen MR) is 88.8 cm³/mol. The molecule has 1 unspecified atom stereocenters. The van der Waals surface area contributed by atoms with E-state index in [1.807, 2.05) is 0 Å². The van der Waals surface area contributed by atoms with Gasteiger partial charge in [-0.15, -0.1) is 0 Å². The summed E-state index contributed by atoms with van der Waals surface area (Å²) in [5, 5.41) is 11.8. The summed E-state index contributed by atoms with van der Waals surface area (Å²) in [5.74, 6) is -1.09. The number of urea groups is 1. The van der Waals surface area contributed by atoms with E-state index >= 15 is 0 Å². The molecule has 1 heterocycles. The number of carbonyl (C=O) groups is 2. The van der Waals surface area contributed by atoms with Gasteiger partial charge < -0.3 is 20.1 Å². The third kappa shape index (κ3) is 3.70. The van der Waals surface area contributed by atoms with Gasteiger partial charge in [0.2, 0.25) is 0 Å². The van der Waals surface area contributed by atoms with Gasteiger partial charge in [0.1, 0.15) is 6.10 Å². The summed E-state index contributed by atoms with van der Waals surface area (Å²) in [7, 11) is 0. The van der Waals surface area contributed by atoms with E-state index in [1.54, 1.807) is 4.90 Å². The number of amides is 2. The van der Waals surface area contributed by atoms with E-state index < -0.39 is 5.97 Å². The normalized spacial score (nSPS) is 26.5. The average Bonchev–Trinajstić information content (AvgIpc) is 2.57. The lowest BCUT2D eigenvalue weighted by Crippen LogP contribution is -2.53. The second kappa shape index (κ2) is 7.21. The molecule has 0 bridgehead atoms. The number of aliphatic carboxylic acids is 1. The van der Waals surface area contributed by atoms with E-state index in [1.165, 1.54) is 5.56 Å². The molecule has 1 aliphatic carbocycles. The monoisotopic (exact) mass is 332 g/mol. The first kappa shape index (κ1) is 16.8. The van der Waals surface area contributed by atoms with Crippen molar-refractivity contribution in [3.8, 4) is 0 Å². The number of hydrogen-bond donors (Lipinski definition) is 2. The molecule has 2 aliphatic rings. The molecule has 1 aromatic rings. The average molecular weight is 332 g/mol. The molecule has 2 fully saturated rings. The van der Waals surface area contributed by atoms with Crippen LogP contribution in [-0.4, -0.2) is 47.7 Å². The van der Waals surface area contributed by atoms with Crippen LogP contribution in [0.4, 0.5) is 4.79 Å². The Bertz CT molecular complexity index is 596. The van der Waals surface area contributed by atoms with Crippen molar-refractivity contribution in [3.63, 3.8) is 0 Å². The highest BCUT2D eigenvalue weighted by atomic mass is 16.5. The van der Waals surface area contributed by atoms with E-state index in [4.69, 9.17) is 9.84 Å². The number of carboxylic acids is 1. The molecule has 3 rings (SSSR count). The number of carboxylic acid groups (broad SMARTS) is 1. The Morgan fingerprint density at radius 1 is 1.29 bits per heavy atom. The van der Waals surface area contributed by atoms with Gasteiger partial charge >= 0.3 is 12.0 Å². The number of nitrogens with zero attached hydrogens (tertiary/aromatic N) is 1. The fourth-order valence-electron chi connectivity index (χ4n) is 3.21. The summed E-state index contributed by atoms with van der Waals surface area (Å²) in [6, 6.07) is 8.17. The summed E-state index contributed by atoms with van der Waals surface area (Å²) in [6.45, 7) is 3.71. The van der Waals surface area contributed by atoms with Gasteiger partial charge in [0.15, 0.2) is 0 Å². The second-order valence-electron chi connectivity index (χ2n) is 6.55. The minimum atomic E-state index is -0.775. The van der Waals surface area contributed by atoms with Crippen molar-refractivity contribution in [2.24, 2.45) is 5.92 Å². The fourth-order valence-corrected chi connectivity index (χ4v) is 3.21. The molecule has 0 spiro atoms. The van der Waals surface area contributed by atoms with Crippen LogP contribution in [0.25, 0.3) is 0 Å². The summed E-state index contributed by atoms with van der Waals surface area (Å²) >= 11 is 0. The molecular formula is C18H24N2O4. The van der Waals surface area contributed by atoms with Crippen LogP contribution in [0.15, 0.2) is 24.3 Å². The molecule has 1 aliphatic heterocycles. The standard InChI is InChI=1S/C18H24N2O4/c1-2-12-3-5-13(6-4-12)16-11-20(7-8-24-16)18(23)19-15-9-14(10-15)17(21)22/h3-6,14-16H,2,7-11H2,1H3,(H,19,23)(H,21,22). The van der Waals surface area contributed by atoms with Crippen LogP contribution >= 0.6 is 0 Å². The minimum absolute atomic E-state index is 0.0243. The Balaban J connectivity index is 1.53. The number of rotatable bonds is 4. The first-order valence-electron chi connectivity index (χ1n) is 8.55. The van der Waals surface area contributed by atoms with Crippen molar-refractivity contribution in [1.82, 2.24) is 10.2 Å². The van der Waals surface area contributed by atoms with E-state index in [0.717, 1.165) is 12.0 Å². The van der Waals surface area contributed by atoms with Crippen LogP contribution in [0, 0.1) is 5.92 Å². The molecule has 130 valence electrons. The van der Waals surface area contributed by atoms with Crippen molar-refractivity contribution in [3.05, 3.63) is 35.4 Å². The van der Waals surface area contributed by atoms with Crippen molar-refractivity contribution in [2.45, 2.75) is 38.3 Å². The van der Waals surface area contributed by atoms with Gasteiger partial charge in [0, 0.05) is 12.6 Å². The van der Waals surface area contributed by atoms with E-state index in [0.29, 0.717) is 32.5 Å². The zero-order valence-corrected chi connectivity index (χ0v) is 13.9. The highest BCUT2D eigenvalue weighted by Gasteiger charge is 2.36. The molecule has 6 heteroatoms. The number of carbonyl (C=O) groups excluding carboxylic acids is 1. The highest BCUT2D eigenvalue weighted by molar-refractivity contribution is 5.76. The van der Waals surface area contributed by atoms with Crippen LogP contribution in [-0.2, 0) is 16.0 Å². The topological polar surface area (TPSA) is 78.9 Å². The molecule has 2 amide bonds. The lowest BCUT2D eigenvalue weighted by molar-refractivity contribution is -0.145. The Labute approximate surface area is 141 Å². The maximum Gasteiger partial charge on any atom is 0.317 e. The smallest absolute Gasteiger partial charge is 0.317 e. The van der Waals surface area contributed by atoms with Gasteiger partial charge in [-0.3, -0.25) is 4.79 Å². The maximum atomic E-state index is 12.4. The summed E-state index contributed by atoms with van der Waals surface area (Å²) in [6.07, 6.45) is 1.93. The predicted octanol–water partition coefficient (Wildman–Crippen LogP) is 2.20. The second-order valence-corrected chi connectivity index (χ2v) is 6.55. The van der Waals surface area contributed by atoms with Gasteiger partial charge in [0.05, 0.1) is 19.1 Å². The maximum absolute atomic E-state index is 12.4. The lowest BCUT2D eigenvalue weighted by atomic mass is 9.80. The number of nitrogens with one attached hydrogen (secondary N) is 1. The number of aryl methyl sites for hydroxylation is 1. The molecule has 1 atom stereocenters. The number of morpholine rings is 1. The Morgan fingerprint density at radius 3 is 2.62 bits per heavy atom. The molecule has 1 saturated carbocycles. The Kier molecular flexibility index (Phi) is 5.04. The number of benzene rings is 1. The van der Waals surface area contributed by atoms with E-state index in [2.05, 4.69) is 36.5 Å². The summed E-state index contributed by atoms with van der Waals surface area (Å²) < 4.78 is 5.81.